The third-order valence-electron chi connectivity index (χ3n) is 3.66. The Morgan fingerprint density at radius 3 is 2.61 bits per heavy atom. The Hall–Kier alpha value is -0.310. The van der Waals surface area contributed by atoms with Crippen LogP contribution in [0.4, 0.5) is 0 Å². The number of hydrogen-bond acceptors (Lipinski definition) is 2. The predicted octanol–water partition coefficient (Wildman–Crippen LogP) is 4.87. The molecule has 0 unspecified atom stereocenters. The molecule has 1 saturated carbocycles. The molecule has 0 aromatic carbocycles. The second-order valence-electron chi connectivity index (χ2n) is 5.77. The average Bonchev–Trinajstić information content (AvgIpc) is 2.29. The molecule has 1 aliphatic rings. The van der Waals surface area contributed by atoms with E-state index in [9.17, 15) is 0 Å². The van der Waals surface area contributed by atoms with E-state index in [1.165, 1.54) is 12.8 Å². The third kappa shape index (κ3) is 3.84. The first kappa shape index (κ1) is 14.1. The lowest BCUT2D eigenvalue weighted by Gasteiger charge is -2.34. The van der Waals surface area contributed by atoms with Gasteiger partial charge in [-0.15, -0.1) is 0 Å². The van der Waals surface area contributed by atoms with Gasteiger partial charge in [0.15, 0.2) is 0 Å². The second kappa shape index (κ2) is 5.77. The highest BCUT2D eigenvalue weighted by atomic mass is 35.5. The number of aromatic nitrogens is 1. The van der Waals surface area contributed by atoms with E-state index in [-0.39, 0.29) is 0 Å². The number of hydrogen-bond donors (Lipinski definition) is 0. The van der Waals surface area contributed by atoms with Crippen LogP contribution in [-0.2, 0) is 11.3 Å². The van der Waals surface area contributed by atoms with E-state index in [0.29, 0.717) is 28.3 Å². The van der Waals surface area contributed by atoms with Crippen molar-refractivity contribution in [3.63, 3.8) is 0 Å². The van der Waals surface area contributed by atoms with Crippen LogP contribution in [-0.4, -0.2) is 11.1 Å². The van der Waals surface area contributed by atoms with Crippen LogP contribution < -0.4 is 0 Å². The highest BCUT2D eigenvalue weighted by molar-refractivity contribution is 6.34. The second-order valence-corrected chi connectivity index (χ2v) is 6.57. The van der Waals surface area contributed by atoms with Crippen LogP contribution in [0.3, 0.4) is 0 Å². The number of halogens is 2. The third-order valence-corrected chi connectivity index (χ3v) is 4.22. The molecule has 1 fully saturated rings. The van der Waals surface area contributed by atoms with Crippen molar-refractivity contribution in [1.29, 1.82) is 0 Å². The summed E-state index contributed by atoms with van der Waals surface area (Å²) in [6.45, 7) is 5.17. The van der Waals surface area contributed by atoms with Gasteiger partial charge in [-0.05, 0) is 37.2 Å². The molecule has 4 heteroatoms. The molecule has 1 aliphatic carbocycles. The van der Waals surface area contributed by atoms with E-state index in [2.05, 4.69) is 18.8 Å². The van der Waals surface area contributed by atoms with Crippen LogP contribution in [0.2, 0.25) is 10.2 Å². The lowest BCUT2D eigenvalue weighted by atomic mass is 9.76. The molecule has 0 N–H and O–H groups in total. The van der Waals surface area contributed by atoms with Crippen molar-refractivity contribution in [1.82, 2.24) is 4.98 Å². The molecule has 18 heavy (non-hydrogen) atoms. The maximum atomic E-state index is 6.09. The normalized spacial score (nSPS) is 20.0. The first-order valence-corrected chi connectivity index (χ1v) is 7.13. The van der Waals surface area contributed by atoms with Crippen LogP contribution >= 0.6 is 23.2 Å². The van der Waals surface area contributed by atoms with E-state index in [1.807, 2.05) is 0 Å². The Kier molecular flexibility index (Phi) is 4.52. The van der Waals surface area contributed by atoms with E-state index in [4.69, 9.17) is 27.9 Å². The average molecular weight is 288 g/mol. The van der Waals surface area contributed by atoms with Gasteiger partial charge in [0.05, 0.1) is 17.7 Å². The maximum absolute atomic E-state index is 6.09. The number of pyridine rings is 1. The van der Waals surface area contributed by atoms with Crippen LogP contribution in [0.5, 0.6) is 0 Å². The molecule has 0 atom stereocenters. The van der Waals surface area contributed by atoms with Crippen LogP contribution in [0.15, 0.2) is 12.3 Å². The summed E-state index contributed by atoms with van der Waals surface area (Å²) in [5, 5.41) is 1.05. The molecule has 0 bridgehead atoms. The zero-order valence-corrected chi connectivity index (χ0v) is 12.4. The zero-order chi connectivity index (χ0) is 13.2. The van der Waals surface area contributed by atoms with Crippen molar-refractivity contribution < 1.29 is 4.74 Å². The van der Waals surface area contributed by atoms with Crippen LogP contribution in [0.1, 0.15) is 45.1 Å². The van der Waals surface area contributed by atoms with Gasteiger partial charge in [0.1, 0.15) is 5.15 Å². The summed E-state index contributed by atoms with van der Waals surface area (Å²) in [6.07, 6.45) is 6.76. The minimum absolute atomic E-state index is 0.352. The van der Waals surface area contributed by atoms with Gasteiger partial charge in [-0.1, -0.05) is 37.0 Å². The van der Waals surface area contributed by atoms with Gasteiger partial charge >= 0.3 is 0 Å². The summed E-state index contributed by atoms with van der Waals surface area (Å²) in [6, 6.07) is 1.66. The topological polar surface area (TPSA) is 22.1 Å². The van der Waals surface area contributed by atoms with Gasteiger partial charge in [0.25, 0.3) is 0 Å². The van der Waals surface area contributed by atoms with Gasteiger partial charge < -0.3 is 4.74 Å². The molecular formula is C14H19Cl2NO. The fourth-order valence-corrected chi connectivity index (χ4v) is 2.71. The highest BCUT2D eigenvalue weighted by Gasteiger charge is 2.27. The van der Waals surface area contributed by atoms with Gasteiger partial charge in [-0.3, -0.25) is 0 Å². The van der Waals surface area contributed by atoms with Crippen molar-refractivity contribution in [2.45, 2.75) is 52.2 Å². The number of ether oxygens (including phenoxy) is 1. The molecule has 1 aromatic rings. The van der Waals surface area contributed by atoms with Crippen molar-refractivity contribution in [2.75, 3.05) is 0 Å². The molecule has 0 spiro atoms. The van der Waals surface area contributed by atoms with Crippen LogP contribution in [0, 0.1) is 5.41 Å². The van der Waals surface area contributed by atoms with Crippen LogP contribution in [0.25, 0.3) is 0 Å². The Bertz CT molecular complexity index is 410. The summed E-state index contributed by atoms with van der Waals surface area (Å²) in [5.74, 6) is 0. The Labute approximate surface area is 119 Å². The maximum Gasteiger partial charge on any atom is 0.130 e. The number of rotatable bonds is 3. The molecule has 1 heterocycles. The van der Waals surface area contributed by atoms with Gasteiger partial charge in [-0.2, -0.15) is 0 Å². The quantitative estimate of drug-likeness (QED) is 0.740. The molecule has 0 amide bonds. The standard InChI is InChI=1S/C14H19Cl2NO/c1-14(2)5-3-11(4-6-14)18-9-10-8-17-13(16)7-12(10)15/h7-8,11H,3-6,9H2,1-2H3. The van der Waals surface area contributed by atoms with Gasteiger partial charge in [0.2, 0.25) is 0 Å². The smallest absolute Gasteiger partial charge is 0.130 e. The first-order valence-electron chi connectivity index (χ1n) is 6.38. The minimum Gasteiger partial charge on any atom is -0.373 e. The Morgan fingerprint density at radius 2 is 2.00 bits per heavy atom. The molecule has 0 radical (unpaired) electrons. The van der Waals surface area contributed by atoms with Crippen molar-refractivity contribution >= 4 is 23.2 Å². The lowest BCUT2D eigenvalue weighted by Crippen LogP contribution is -2.26. The van der Waals surface area contributed by atoms with Gasteiger partial charge in [0, 0.05) is 11.8 Å². The molecule has 100 valence electrons. The largest absolute Gasteiger partial charge is 0.373 e. The van der Waals surface area contributed by atoms with Crippen molar-refractivity contribution in [2.24, 2.45) is 5.41 Å². The summed E-state index contributed by atoms with van der Waals surface area (Å²) >= 11 is 11.8. The summed E-state index contributed by atoms with van der Waals surface area (Å²) in [4.78, 5) is 4.03. The van der Waals surface area contributed by atoms with Crippen molar-refractivity contribution in [3.05, 3.63) is 28.0 Å². The molecule has 1 aromatic heterocycles. The Morgan fingerprint density at radius 1 is 1.33 bits per heavy atom. The zero-order valence-electron chi connectivity index (χ0n) is 10.9. The molecule has 0 aliphatic heterocycles. The van der Waals surface area contributed by atoms with E-state index in [1.54, 1.807) is 12.3 Å². The molecule has 2 rings (SSSR count). The summed E-state index contributed by atoms with van der Waals surface area (Å²) in [5.41, 5.74) is 1.38. The SMILES string of the molecule is CC1(C)CCC(OCc2cnc(Cl)cc2Cl)CC1. The van der Waals surface area contributed by atoms with Gasteiger partial charge in [-0.25, -0.2) is 4.98 Å². The Balaban J connectivity index is 1.85. The van der Waals surface area contributed by atoms with E-state index in [0.717, 1.165) is 18.4 Å². The molecular weight excluding hydrogens is 269 g/mol. The lowest BCUT2D eigenvalue weighted by molar-refractivity contribution is -0.00564. The molecule has 0 saturated heterocycles. The summed E-state index contributed by atoms with van der Waals surface area (Å²) in [7, 11) is 0. The minimum atomic E-state index is 0.352. The molecule has 2 nitrogen and oxygen atoms in total. The number of nitrogens with zero attached hydrogens (tertiary/aromatic N) is 1. The summed E-state index contributed by atoms with van der Waals surface area (Å²) < 4.78 is 5.92. The predicted molar refractivity (Wildman–Crippen MR) is 75.1 cm³/mol. The van der Waals surface area contributed by atoms with E-state index >= 15 is 0 Å². The van der Waals surface area contributed by atoms with Crippen molar-refractivity contribution in [3.8, 4) is 0 Å². The van der Waals surface area contributed by atoms with E-state index < -0.39 is 0 Å². The highest BCUT2D eigenvalue weighted by Crippen LogP contribution is 2.36. The first-order chi connectivity index (χ1) is 8.46. The monoisotopic (exact) mass is 287 g/mol. The fourth-order valence-electron chi connectivity index (χ4n) is 2.29. The fraction of sp³-hybridized carbons (Fsp3) is 0.643.